The summed E-state index contributed by atoms with van der Waals surface area (Å²) in [4.78, 5) is 28.6. The van der Waals surface area contributed by atoms with Crippen LogP contribution in [0.4, 0.5) is 5.13 Å². The van der Waals surface area contributed by atoms with Crippen molar-refractivity contribution in [1.29, 1.82) is 0 Å². The van der Waals surface area contributed by atoms with Crippen molar-refractivity contribution in [3.05, 3.63) is 11.1 Å². The highest BCUT2D eigenvalue weighted by Gasteiger charge is 2.27. The lowest BCUT2D eigenvalue weighted by atomic mass is 10.1. The maximum Gasteiger partial charge on any atom is 0.311 e. The van der Waals surface area contributed by atoms with E-state index in [2.05, 4.69) is 20.7 Å². The van der Waals surface area contributed by atoms with Crippen molar-refractivity contribution < 1.29 is 14.3 Å². The fourth-order valence-corrected chi connectivity index (χ4v) is 3.47. The van der Waals surface area contributed by atoms with E-state index in [1.165, 1.54) is 24.9 Å². The number of thiazole rings is 1. The molecule has 0 spiro atoms. The van der Waals surface area contributed by atoms with Crippen LogP contribution in [0.5, 0.6) is 0 Å². The van der Waals surface area contributed by atoms with E-state index in [1.54, 1.807) is 10.4 Å². The molecule has 0 N–H and O–H groups in total. The quantitative estimate of drug-likeness (QED) is 0.430. The number of ether oxygens (including phenoxy) is 1. The topological polar surface area (TPSA) is 62.7 Å². The predicted octanol–water partition coefficient (Wildman–Crippen LogP) is 2.40. The number of terminal acetylenes is 1. The summed E-state index contributed by atoms with van der Waals surface area (Å²) in [7, 11) is 1.35. The SMILES string of the molecule is C#CCCCC(=O)N(c1nc(CC(=O)OC)cs1)N1CCCCC1. The molecule has 24 heavy (non-hydrogen) atoms. The minimum Gasteiger partial charge on any atom is -0.469 e. The minimum atomic E-state index is -0.336. The second-order valence-corrected chi connectivity index (χ2v) is 6.49. The summed E-state index contributed by atoms with van der Waals surface area (Å²) in [6, 6.07) is 0. The summed E-state index contributed by atoms with van der Waals surface area (Å²) in [5.41, 5.74) is 0.625. The first-order valence-electron chi connectivity index (χ1n) is 8.18. The number of anilines is 1. The lowest BCUT2D eigenvalue weighted by Crippen LogP contribution is -2.49. The largest absolute Gasteiger partial charge is 0.469 e. The highest BCUT2D eigenvalue weighted by atomic mass is 32.1. The molecule has 6 nitrogen and oxygen atoms in total. The first-order chi connectivity index (χ1) is 11.7. The Bertz CT molecular complexity index is 602. The lowest BCUT2D eigenvalue weighted by Gasteiger charge is -2.35. The van der Waals surface area contributed by atoms with Gasteiger partial charge in [0.1, 0.15) is 0 Å². The van der Waals surface area contributed by atoms with Crippen LogP contribution >= 0.6 is 11.3 Å². The molecular formula is C17H23N3O3S. The molecule has 0 atom stereocenters. The fraction of sp³-hybridized carbons (Fsp3) is 0.588. The molecule has 1 aliphatic heterocycles. The zero-order valence-electron chi connectivity index (χ0n) is 14.0. The third-order valence-corrected chi connectivity index (χ3v) is 4.70. The van der Waals surface area contributed by atoms with Gasteiger partial charge in [0.25, 0.3) is 0 Å². The van der Waals surface area contributed by atoms with Gasteiger partial charge in [-0.05, 0) is 19.3 Å². The monoisotopic (exact) mass is 349 g/mol. The van der Waals surface area contributed by atoms with Crippen LogP contribution in [0.25, 0.3) is 0 Å². The van der Waals surface area contributed by atoms with Crippen LogP contribution in [0, 0.1) is 12.3 Å². The van der Waals surface area contributed by atoms with Gasteiger partial charge in [0, 0.05) is 31.3 Å². The Hall–Kier alpha value is -1.91. The van der Waals surface area contributed by atoms with Crippen LogP contribution in [0.2, 0.25) is 0 Å². The van der Waals surface area contributed by atoms with Gasteiger partial charge in [-0.2, -0.15) is 0 Å². The summed E-state index contributed by atoms with van der Waals surface area (Å²) in [5.74, 6) is 2.23. The number of esters is 1. The van der Waals surface area contributed by atoms with Gasteiger partial charge in [0.2, 0.25) is 11.0 Å². The molecule has 0 bridgehead atoms. The number of rotatable bonds is 7. The smallest absolute Gasteiger partial charge is 0.311 e. The Kier molecular flexibility index (Phi) is 7.22. The number of piperidine rings is 1. The molecule has 130 valence electrons. The standard InChI is InChI=1S/C17H23N3O3S/c1-3-4-6-9-15(21)20(19-10-7-5-8-11-19)17-18-14(13-24-17)12-16(22)23-2/h1,13H,4-12H2,2H3. The third kappa shape index (κ3) is 5.05. The number of carbonyl (C=O) groups excluding carboxylic acids is 2. The Morgan fingerprint density at radius 3 is 2.83 bits per heavy atom. The number of aromatic nitrogens is 1. The van der Waals surface area contributed by atoms with Crippen molar-refractivity contribution in [3.8, 4) is 12.3 Å². The fourth-order valence-electron chi connectivity index (χ4n) is 2.60. The number of carbonyl (C=O) groups is 2. The van der Waals surface area contributed by atoms with E-state index in [-0.39, 0.29) is 18.3 Å². The van der Waals surface area contributed by atoms with E-state index in [9.17, 15) is 9.59 Å². The molecular weight excluding hydrogens is 326 g/mol. The number of nitrogens with zero attached hydrogens (tertiary/aromatic N) is 3. The zero-order chi connectivity index (χ0) is 17.4. The van der Waals surface area contributed by atoms with Crippen LogP contribution in [-0.2, 0) is 20.7 Å². The van der Waals surface area contributed by atoms with Gasteiger partial charge < -0.3 is 4.74 Å². The zero-order valence-corrected chi connectivity index (χ0v) is 14.8. The van der Waals surface area contributed by atoms with Crippen molar-refractivity contribution in [2.75, 3.05) is 25.2 Å². The highest BCUT2D eigenvalue weighted by molar-refractivity contribution is 7.14. The van der Waals surface area contributed by atoms with Gasteiger partial charge in [-0.15, -0.1) is 23.7 Å². The van der Waals surface area contributed by atoms with Gasteiger partial charge in [-0.25, -0.2) is 15.0 Å². The van der Waals surface area contributed by atoms with Crippen molar-refractivity contribution in [3.63, 3.8) is 0 Å². The van der Waals surface area contributed by atoms with E-state index in [0.29, 0.717) is 30.1 Å². The van der Waals surface area contributed by atoms with E-state index < -0.39 is 0 Å². The van der Waals surface area contributed by atoms with Crippen molar-refractivity contribution in [1.82, 2.24) is 9.99 Å². The number of amides is 1. The Labute approximate surface area is 146 Å². The highest BCUT2D eigenvalue weighted by Crippen LogP contribution is 2.26. The van der Waals surface area contributed by atoms with Crippen molar-refractivity contribution in [2.24, 2.45) is 0 Å². The molecule has 0 saturated carbocycles. The predicted molar refractivity (Wildman–Crippen MR) is 93.4 cm³/mol. The van der Waals surface area contributed by atoms with Crippen molar-refractivity contribution >= 4 is 28.3 Å². The van der Waals surface area contributed by atoms with Gasteiger partial charge in [0.05, 0.1) is 19.2 Å². The molecule has 2 rings (SSSR count). The molecule has 1 amide bonds. The molecule has 1 saturated heterocycles. The summed E-state index contributed by atoms with van der Waals surface area (Å²) in [5, 5.41) is 6.16. The van der Waals surface area contributed by atoms with Crippen LogP contribution in [0.3, 0.4) is 0 Å². The van der Waals surface area contributed by atoms with Crippen LogP contribution in [0.1, 0.15) is 44.2 Å². The van der Waals surface area contributed by atoms with Crippen LogP contribution in [0.15, 0.2) is 5.38 Å². The second-order valence-electron chi connectivity index (χ2n) is 5.65. The molecule has 2 heterocycles. The maximum absolute atomic E-state index is 12.7. The van der Waals surface area contributed by atoms with E-state index in [0.717, 1.165) is 25.9 Å². The first kappa shape index (κ1) is 18.4. The molecule has 0 aromatic carbocycles. The number of hydrogen-bond acceptors (Lipinski definition) is 6. The minimum absolute atomic E-state index is 0.00566. The number of methoxy groups -OCH3 is 1. The van der Waals surface area contributed by atoms with Crippen LogP contribution < -0.4 is 5.01 Å². The molecule has 7 heteroatoms. The molecule has 1 aromatic heterocycles. The summed E-state index contributed by atoms with van der Waals surface area (Å²) in [6.45, 7) is 1.68. The van der Waals surface area contributed by atoms with E-state index in [1.807, 2.05) is 0 Å². The first-order valence-corrected chi connectivity index (χ1v) is 9.06. The average molecular weight is 349 g/mol. The second kappa shape index (κ2) is 9.40. The lowest BCUT2D eigenvalue weighted by molar-refractivity contribution is -0.139. The molecule has 1 aliphatic rings. The van der Waals surface area contributed by atoms with Gasteiger partial charge in [-0.1, -0.05) is 6.42 Å². The molecule has 0 aliphatic carbocycles. The Morgan fingerprint density at radius 2 is 2.17 bits per heavy atom. The maximum atomic E-state index is 12.7. The molecule has 0 radical (unpaired) electrons. The average Bonchev–Trinajstić information content (AvgIpc) is 3.04. The third-order valence-electron chi connectivity index (χ3n) is 3.84. The number of hydrogen-bond donors (Lipinski definition) is 0. The van der Waals surface area contributed by atoms with E-state index >= 15 is 0 Å². The van der Waals surface area contributed by atoms with Gasteiger partial charge in [0.15, 0.2) is 0 Å². The van der Waals surface area contributed by atoms with Crippen LogP contribution in [-0.4, -0.2) is 42.1 Å². The molecule has 1 fully saturated rings. The summed E-state index contributed by atoms with van der Waals surface area (Å²) < 4.78 is 4.67. The summed E-state index contributed by atoms with van der Waals surface area (Å²) in [6.07, 6.45) is 10.3. The normalized spacial score (nSPS) is 14.8. The number of unbranched alkanes of at least 4 members (excludes halogenated alkanes) is 1. The Morgan fingerprint density at radius 1 is 1.42 bits per heavy atom. The Balaban J connectivity index is 2.13. The van der Waals surface area contributed by atoms with Gasteiger partial charge in [-0.3, -0.25) is 9.59 Å². The molecule has 1 aromatic rings. The van der Waals surface area contributed by atoms with E-state index in [4.69, 9.17) is 6.42 Å². The number of hydrazine groups is 1. The molecule has 0 unspecified atom stereocenters. The summed E-state index contributed by atoms with van der Waals surface area (Å²) >= 11 is 1.38. The van der Waals surface area contributed by atoms with Gasteiger partial charge >= 0.3 is 5.97 Å². The van der Waals surface area contributed by atoms with Crippen molar-refractivity contribution in [2.45, 2.75) is 44.9 Å².